The van der Waals surface area contributed by atoms with Gasteiger partial charge in [-0.05, 0) is 6.07 Å². The Labute approximate surface area is 94.7 Å². The number of aliphatic hydroxyl groups excluding tert-OH is 1. The largest absolute Gasteiger partial charge is 0.418 e. The number of para-hydroxylation sites is 1. The van der Waals surface area contributed by atoms with E-state index in [-0.39, 0.29) is 23.2 Å². The number of benzene rings is 1. The van der Waals surface area contributed by atoms with Crippen molar-refractivity contribution in [3.05, 3.63) is 35.5 Å². The number of anilines is 1. The second-order valence-corrected chi connectivity index (χ2v) is 3.55. The van der Waals surface area contributed by atoms with Gasteiger partial charge < -0.3 is 10.8 Å². The van der Waals surface area contributed by atoms with Gasteiger partial charge in [-0.15, -0.1) is 0 Å². The van der Waals surface area contributed by atoms with E-state index in [0.29, 0.717) is 5.56 Å². The van der Waals surface area contributed by atoms with Crippen LogP contribution in [0.25, 0.3) is 10.9 Å². The Kier molecular flexibility index (Phi) is 2.66. The van der Waals surface area contributed by atoms with E-state index in [2.05, 4.69) is 4.98 Å². The molecule has 1 aromatic heterocycles. The van der Waals surface area contributed by atoms with E-state index in [9.17, 15) is 13.2 Å². The highest BCUT2D eigenvalue weighted by molar-refractivity contribution is 5.93. The summed E-state index contributed by atoms with van der Waals surface area (Å²) in [5, 5.41) is 9.17. The van der Waals surface area contributed by atoms with E-state index >= 15 is 0 Å². The van der Waals surface area contributed by atoms with Gasteiger partial charge in [-0.3, -0.25) is 4.98 Å². The number of hydrogen-bond donors (Lipinski definition) is 2. The second kappa shape index (κ2) is 3.89. The van der Waals surface area contributed by atoms with E-state index in [4.69, 9.17) is 10.8 Å². The molecule has 0 bridgehead atoms. The summed E-state index contributed by atoms with van der Waals surface area (Å²) in [5.74, 6) is 0. The van der Waals surface area contributed by atoms with Crippen LogP contribution in [0.15, 0.2) is 24.4 Å². The fourth-order valence-corrected chi connectivity index (χ4v) is 1.64. The molecule has 0 saturated carbocycles. The van der Waals surface area contributed by atoms with Gasteiger partial charge in [-0.2, -0.15) is 13.2 Å². The fourth-order valence-electron chi connectivity index (χ4n) is 1.64. The molecule has 2 rings (SSSR count). The molecule has 0 spiro atoms. The summed E-state index contributed by atoms with van der Waals surface area (Å²) in [6, 6.07) is 3.67. The van der Waals surface area contributed by atoms with Crippen molar-refractivity contribution in [2.75, 3.05) is 5.73 Å². The molecule has 3 nitrogen and oxygen atoms in total. The van der Waals surface area contributed by atoms with Gasteiger partial charge in [-0.25, -0.2) is 0 Å². The highest BCUT2D eigenvalue weighted by atomic mass is 19.4. The van der Waals surface area contributed by atoms with E-state index < -0.39 is 11.7 Å². The standard InChI is InChI=1S/C11H9F3N2O/c12-11(13,14)8-3-1-2-7-9(15)6(5-17)4-16-10(7)8/h1-4,17H,5H2,(H2,15,16). The molecule has 1 heterocycles. The van der Waals surface area contributed by atoms with Crippen molar-refractivity contribution in [3.8, 4) is 0 Å². The van der Waals surface area contributed by atoms with Crippen molar-refractivity contribution in [2.45, 2.75) is 12.8 Å². The third kappa shape index (κ3) is 1.91. The molecule has 90 valence electrons. The van der Waals surface area contributed by atoms with Crippen molar-refractivity contribution in [3.63, 3.8) is 0 Å². The second-order valence-electron chi connectivity index (χ2n) is 3.55. The number of alkyl halides is 3. The number of nitrogen functional groups attached to an aromatic ring is 1. The van der Waals surface area contributed by atoms with Crippen LogP contribution >= 0.6 is 0 Å². The minimum Gasteiger partial charge on any atom is -0.398 e. The maximum atomic E-state index is 12.7. The van der Waals surface area contributed by atoms with Crippen LogP contribution in [0.2, 0.25) is 0 Å². The predicted molar refractivity (Wildman–Crippen MR) is 57.1 cm³/mol. The SMILES string of the molecule is Nc1c(CO)cnc2c(C(F)(F)F)cccc12. The highest BCUT2D eigenvalue weighted by Crippen LogP contribution is 2.35. The molecule has 0 radical (unpaired) electrons. The molecule has 0 atom stereocenters. The lowest BCUT2D eigenvalue weighted by Gasteiger charge is -2.12. The Balaban J connectivity index is 2.80. The van der Waals surface area contributed by atoms with Gasteiger partial charge in [-0.1, -0.05) is 12.1 Å². The monoisotopic (exact) mass is 242 g/mol. The first-order valence-corrected chi connectivity index (χ1v) is 4.79. The molecular weight excluding hydrogens is 233 g/mol. The van der Waals surface area contributed by atoms with Gasteiger partial charge in [0, 0.05) is 22.8 Å². The van der Waals surface area contributed by atoms with Crippen LogP contribution in [0.1, 0.15) is 11.1 Å². The van der Waals surface area contributed by atoms with Crippen molar-refractivity contribution in [1.29, 1.82) is 0 Å². The number of aliphatic hydroxyl groups is 1. The number of pyridine rings is 1. The van der Waals surface area contributed by atoms with E-state index in [1.807, 2.05) is 0 Å². The lowest BCUT2D eigenvalue weighted by Crippen LogP contribution is -2.08. The van der Waals surface area contributed by atoms with Gasteiger partial charge in [0.1, 0.15) is 0 Å². The summed E-state index contributed by atoms with van der Waals surface area (Å²) in [7, 11) is 0. The van der Waals surface area contributed by atoms with E-state index in [1.165, 1.54) is 12.1 Å². The minimum absolute atomic E-state index is 0.128. The Bertz CT molecular complexity index is 566. The van der Waals surface area contributed by atoms with Gasteiger partial charge in [0.15, 0.2) is 0 Å². The van der Waals surface area contributed by atoms with Crippen LogP contribution in [-0.4, -0.2) is 10.1 Å². The van der Waals surface area contributed by atoms with Crippen LogP contribution in [0.3, 0.4) is 0 Å². The zero-order chi connectivity index (χ0) is 12.6. The Hall–Kier alpha value is -1.82. The molecule has 0 aliphatic heterocycles. The third-order valence-electron chi connectivity index (χ3n) is 2.50. The number of halogens is 3. The zero-order valence-corrected chi connectivity index (χ0v) is 8.62. The van der Waals surface area contributed by atoms with Crippen LogP contribution < -0.4 is 5.73 Å². The number of rotatable bonds is 1. The molecule has 17 heavy (non-hydrogen) atoms. The summed E-state index contributed by atoms with van der Waals surface area (Å²) >= 11 is 0. The molecule has 0 unspecified atom stereocenters. The summed E-state index contributed by atoms with van der Waals surface area (Å²) in [5.41, 5.74) is 5.09. The lowest BCUT2D eigenvalue weighted by molar-refractivity contribution is -0.136. The first-order valence-electron chi connectivity index (χ1n) is 4.79. The summed E-state index contributed by atoms with van der Waals surface area (Å²) in [4.78, 5) is 3.72. The van der Waals surface area contributed by atoms with Gasteiger partial charge in [0.25, 0.3) is 0 Å². The van der Waals surface area contributed by atoms with Gasteiger partial charge in [0.2, 0.25) is 0 Å². The van der Waals surface area contributed by atoms with Gasteiger partial charge >= 0.3 is 6.18 Å². The van der Waals surface area contributed by atoms with Crippen molar-refractivity contribution in [1.82, 2.24) is 4.98 Å². The smallest absolute Gasteiger partial charge is 0.398 e. The fraction of sp³-hybridized carbons (Fsp3) is 0.182. The van der Waals surface area contributed by atoms with E-state index in [1.54, 1.807) is 0 Å². The number of nitrogens with two attached hydrogens (primary N) is 1. The maximum absolute atomic E-state index is 12.7. The normalized spacial score (nSPS) is 12.0. The van der Waals surface area contributed by atoms with Gasteiger partial charge in [0.05, 0.1) is 17.7 Å². The highest BCUT2D eigenvalue weighted by Gasteiger charge is 2.33. The molecule has 0 aliphatic rings. The molecular formula is C11H9F3N2O. The molecule has 1 aromatic carbocycles. The lowest BCUT2D eigenvalue weighted by atomic mass is 10.1. The molecule has 2 aromatic rings. The molecule has 0 fully saturated rings. The van der Waals surface area contributed by atoms with Crippen LogP contribution in [-0.2, 0) is 12.8 Å². The number of nitrogens with zero attached hydrogens (tertiary/aromatic N) is 1. The molecule has 3 N–H and O–H groups in total. The predicted octanol–water partition coefficient (Wildman–Crippen LogP) is 2.33. The summed E-state index contributed by atoms with van der Waals surface area (Å²) in [6.07, 6.45) is -3.31. The number of fused-ring (bicyclic) bond motifs is 1. The first-order chi connectivity index (χ1) is 7.95. The van der Waals surface area contributed by atoms with E-state index in [0.717, 1.165) is 12.3 Å². The van der Waals surface area contributed by atoms with Crippen LogP contribution in [0, 0.1) is 0 Å². The molecule has 0 saturated heterocycles. The Morgan fingerprint density at radius 2 is 2.00 bits per heavy atom. The first kappa shape index (κ1) is 11.7. The summed E-state index contributed by atoms with van der Waals surface area (Å²) in [6.45, 7) is -0.356. The molecule has 6 heteroatoms. The number of aromatic nitrogens is 1. The topological polar surface area (TPSA) is 59.1 Å². The number of hydrogen-bond acceptors (Lipinski definition) is 3. The maximum Gasteiger partial charge on any atom is 0.418 e. The zero-order valence-electron chi connectivity index (χ0n) is 8.62. The Morgan fingerprint density at radius 3 is 2.59 bits per heavy atom. The minimum atomic E-state index is -4.47. The van der Waals surface area contributed by atoms with Crippen LogP contribution in [0.5, 0.6) is 0 Å². The average molecular weight is 242 g/mol. The third-order valence-corrected chi connectivity index (χ3v) is 2.50. The van der Waals surface area contributed by atoms with Crippen LogP contribution in [0.4, 0.5) is 18.9 Å². The molecule has 0 aliphatic carbocycles. The van der Waals surface area contributed by atoms with Crippen molar-refractivity contribution < 1.29 is 18.3 Å². The Morgan fingerprint density at radius 1 is 1.29 bits per heavy atom. The summed E-state index contributed by atoms with van der Waals surface area (Å²) < 4.78 is 38.1. The van der Waals surface area contributed by atoms with Crippen molar-refractivity contribution in [2.24, 2.45) is 0 Å². The average Bonchev–Trinajstić information content (AvgIpc) is 2.28. The molecule has 0 amide bonds. The van der Waals surface area contributed by atoms with Crippen molar-refractivity contribution >= 4 is 16.6 Å². The quantitative estimate of drug-likeness (QED) is 0.806.